The third-order valence-electron chi connectivity index (χ3n) is 3.75. The Bertz CT molecular complexity index is 678. The molecule has 1 aliphatic rings. The van der Waals surface area contributed by atoms with Gasteiger partial charge in [0.1, 0.15) is 5.82 Å². The van der Waals surface area contributed by atoms with Crippen LogP contribution in [0.4, 0.5) is 4.39 Å². The van der Waals surface area contributed by atoms with Crippen molar-refractivity contribution in [3.63, 3.8) is 0 Å². The van der Waals surface area contributed by atoms with Crippen molar-refractivity contribution in [2.24, 2.45) is 0 Å². The Labute approximate surface area is 110 Å². The zero-order chi connectivity index (χ0) is 13.4. The maximum atomic E-state index is 13.4. The molecule has 3 rings (SSSR count). The fourth-order valence-electron chi connectivity index (χ4n) is 2.80. The number of benzene rings is 1. The van der Waals surface area contributed by atoms with E-state index in [1.54, 1.807) is 0 Å². The molecule has 4 heteroatoms. The van der Waals surface area contributed by atoms with Gasteiger partial charge in [-0.15, -0.1) is 0 Å². The largest absolute Gasteiger partial charge is 0.307 e. The van der Waals surface area contributed by atoms with Gasteiger partial charge in [-0.3, -0.25) is 4.79 Å². The van der Waals surface area contributed by atoms with E-state index in [1.807, 2.05) is 12.1 Å². The number of nitrogens with zero attached hydrogens (tertiary/aromatic N) is 1. The maximum absolute atomic E-state index is 13.4. The highest BCUT2D eigenvalue weighted by molar-refractivity contribution is 5.36. The Morgan fingerprint density at radius 3 is 2.95 bits per heavy atom. The lowest BCUT2D eigenvalue weighted by atomic mass is 9.82. The minimum absolute atomic E-state index is 0.0666. The van der Waals surface area contributed by atoms with Crippen molar-refractivity contribution in [2.45, 2.75) is 32.1 Å². The van der Waals surface area contributed by atoms with E-state index in [4.69, 9.17) is 0 Å². The topological polar surface area (TPSA) is 45.8 Å². The zero-order valence-electron chi connectivity index (χ0n) is 10.7. The molecule has 2 aromatic rings. The third kappa shape index (κ3) is 2.07. The number of aromatic nitrogens is 2. The molecule has 19 heavy (non-hydrogen) atoms. The summed E-state index contributed by atoms with van der Waals surface area (Å²) in [4.78, 5) is 18.4. The van der Waals surface area contributed by atoms with E-state index >= 15 is 0 Å². The number of hydrogen-bond donors (Lipinski definition) is 1. The highest BCUT2D eigenvalue weighted by atomic mass is 19.1. The monoisotopic (exact) mass is 258 g/mol. The minimum Gasteiger partial charge on any atom is -0.307 e. The van der Waals surface area contributed by atoms with Crippen LogP contribution in [0.3, 0.4) is 0 Å². The predicted molar refractivity (Wildman–Crippen MR) is 70.8 cm³/mol. The van der Waals surface area contributed by atoms with Gasteiger partial charge in [0.05, 0.1) is 5.69 Å². The van der Waals surface area contributed by atoms with E-state index < -0.39 is 11.4 Å². The molecule has 1 aliphatic carbocycles. The first-order chi connectivity index (χ1) is 9.16. The summed E-state index contributed by atoms with van der Waals surface area (Å²) in [6.07, 6.45) is 3.05. The smallest absolute Gasteiger partial charge is 0.287 e. The molecule has 1 N–H and O–H groups in total. The normalized spacial score (nSPS) is 18.1. The number of fused-ring (bicyclic) bond motifs is 1. The van der Waals surface area contributed by atoms with Crippen LogP contribution in [0.5, 0.6) is 0 Å². The fraction of sp³-hybridized carbons (Fsp3) is 0.333. The quantitative estimate of drug-likeness (QED) is 0.854. The van der Waals surface area contributed by atoms with Crippen molar-refractivity contribution in [1.82, 2.24) is 9.97 Å². The summed E-state index contributed by atoms with van der Waals surface area (Å²) in [5.74, 6) is -0.138. The zero-order valence-corrected chi connectivity index (χ0v) is 10.7. The van der Waals surface area contributed by atoms with Gasteiger partial charge in [-0.1, -0.05) is 24.3 Å². The van der Waals surface area contributed by atoms with E-state index in [2.05, 4.69) is 22.1 Å². The lowest BCUT2D eigenvalue weighted by Crippen LogP contribution is -2.22. The van der Waals surface area contributed by atoms with Crippen LogP contribution in [0.2, 0.25) is 0 Å². The standard InChI is InChI=1S/C15H15FN2O/c1-9-13(16)15(19)18-14(17-9)12-8-4-6-10-5-2-3-7-11(10)12/h2-3,5,7,12H,4,6,8H2,1H3,(H,17,18,19). The van der Waals surface area contributed by atoms with E-state index in [-0.39, 0.29) is 11.6 Å². The van der Waals surface area contributed by atoms with E-state index in [0.717, 1.165) is 19.3 Å². The van der Waals surface area contributed by atoms with Gasteiger partial charge in [-0.05, 0) is 37.3 Å². The van der Waals surface area contributed by atoms with Crippen LogP contribution in [-0.4, -0.2) is 9.97 Å². The van der Waals surface area contributed by atoms with Crippen LogP contribution in [0.15, 0.2) is 29.1 Å². The van der Waals surface area contributed by atoms with Crippen molar-refractivity contribution in [1.29, 1.82) is 0 Å². The van der Waals surface area contributed by atoms with Gasteiger partial charge in [0.15, 0.2) is 0 Å². The van der Waals surface area contributed by atoms with Gasteiger partial charge in [0.2, 0.25) is 5.82 Å². The Kier molecular flexibility index (Phi) is 2.93. The summed E-state index contributed by atoms with van der Waals surface area (Å²) in [7, 11) is 0. The highest BCUT2D eigenvalue weighted by Gasteiger charge is 2.24. The van der Waals surface area contributed by atoms with Crippen molar-refractivity contribution < 1.29 is 4.39 Å². The molecule has 1 aromatic heterocycles. The molecule has 0 saturated carbocycles. The molecule has 0 bridgehead atoms. The lowest BCUT2D eigenvalue weighted by molar-refractivity contribution is 0.553. The molecular formula is C15H15FN2O. The summed E-state index contributed by atoms with van der Waals surface area (Å²) < 4.78 is 13.4. The van der Waals surface area contributed by atoms with Crippen LogP contribution in [0.1, 0.15) is 41.4 Å². The van der Waals surface area contributed by atoms with Gasteiger partial charge < -0.3 is 4.98 Å². The highest BCUT2D eigenvalue weighted by Crippen LogP contribution is 2.34. The second-order valence-electron chi connectivity index (χ2n) is 4.99. The number of rotatable bonds is 1. The van der Waals surface area contributed by atoms with Gasteiger partial charge in [0, 0.05) is 5.92 Å². The second-order valence-corrected chi connectivity index (χ2v) is 4.99. The van der Waals surface area contributed by atoms with Gasteiger partial charge >= 0.3 is 0 Å². The van der Waals surface area contributed by atoms with Crippen LogP contribution in [-0.2, 0) is 6.42 Å². The first kappa shape index (κ1) is 12.1. The number of aromatic amines is 1. The predicted octanol–water partition coefficient (Wildman–Crippen LogP) is 2.69. The molecule has 0 fully saturated rings. The average Bonchev–Trinajstić information content (AvgIpc) is 2.43. The number of hydrogen-bond acceptors (Lipinski definition) is 2. The van der Waals surface area contributed by atoms with Crippen LogP contribution < -0.4 is 5.56 Å². The molecule has 0 amide bonds. The molecule has 1 heterocycles. The van der Waals surface area contributed by atoms with Crippen molar-refractivity contribution in [3.05, 3.63) is 63.1 Å². The average molecular weight is 258 g/mol. The van der Waals surface area contributed by atoms with E-state index in [0.29, 0.717) is 5.82 Å². The molecule has 1 atom stereocenters. The Morgan fingerprint density at radius 2 is 2.16 bits per heavy atom. The first-order valence-electron chi connectivity index (χ1n) is 6.51. The molecule has 3 nitrogen and oxygen atoms in total. The molecule has 0 aliphatic heterocycles. The SMILES string of the molecule is Cc1nc(C2CCCc3ccccc32)[nH]c(=O)c1F. The summed E-state index contributed by atoms with van der Waals surface area (Å²) >= 11 is 0. The van der Waals surface area contributed by atoms with E-state index in [9.17, 15) is 9.18 Å². The Morgan fingerprint density at radius 1 is 1.37 bits per heavy atom. The number of aryl methyl sites for hydroxylation is 2. The molecule has 1 aromatic carbocycles. The van der Waals surface area contributed by atoms with Gasteiger partial charge in [0.25, 0.3) is 5.56 Å². The third-order valence-corrected chi connectivity index (χ3v) is 3.75. The van der Waals surface area contributed by atoms with Crippen LogP contribution >= 0.6 is 0 Å². The van der Waals surface area contributed by atoms with Crippen LogP contribution in [0, 0.1) is 12.7 Å². The fourth-order valence-corrected chi connectivity index (χ4v) is 2.80. The molecule has 0 radical (unpaired) electrons. The molecule has 98 valence electrons. The second kappa shape index (κ2) is 4.61. The maximum Gasteiger partial charge on any atom is 0.287 e. The summed E-state index contributed by atoms with van der Waals surface area (Å²) in [5.41, 5.74) is 1.98. The number of nitrogens with one attached hydrogen (secondary N) is 1. The summed E-state index contributed by atoms with van der Waals surface area (Å²) in [6, 6.07) is 8.19. The Hall–Kier alpha value is -1.97. The molecular weight excluding hydrogens is 243 g/mol. The minimum atomic E-state index is -0.784. The van der Waals surface area contributed by atoms with Crippen molar-refractivity contribution in [3.8, 4) is 0 Å². The molecule has 1 unspecified atom stereocenters. The summed E-state index contributed by atoms with van der Waals surface area (Å²) in [6.45, 7) is 1.53. The van der Waals surface area contributed by atoms with Gasteiger partial charge in [-0.25, -0.2) is 4.98 Å². The molecule has 0 spiro atoms. The summed E-state index contributed by atoms with van der Waals surface area (Å²) in [5, 5.41) is 0. The van der Waals surface area contributed by atoms with Crippen molar-refractivity contribution >= 4 is 0 Å². The molecule has 0 saturated heterocycles. The number of H-pyrrole nitrogens is 1. The Balaban J connectivity index is 2.12. The van der Waals surface area contributed by atoms with Crippen molar-refractivity contribution in [2.75, 3.05) is 0 Å². The van der Waals surface area contributed by atoms with E-state index in [1.165, 1.54) is 18.1 Å². The van der Waals surface area contributed by atoms with Gasteiger partial charge in [-0.2, -0.15) is 4.39 Å². The number of halogens is 1. The first-order valence-corrected chi connectivity index (χ1v) is 6.51. The van der Waals surface area contributed by atoms with Crippen LogP contribution in [0.25, 0.3) is 0 Å². The lowest BCUT2D eigenvalue weighted by Gasteiger charge is -2.24.